The van der Waals surface area contributed by atoms with Gasteiger partial charge >= 0.3 is 0 Å². The molecule has 2 saturated heterocycles. The lowest BCUT2D eigenvalue weighted by atomic mass is 9.87. The van der Waals surface area contributed by atoms with Crippen molar-refractivity contribution >= 4 is 0 Å². The van der Waals surface area contributed by atoms with Gasteiger partial charge in [-0.1, -0.05) is 13.8 Å². The normalized spacial score (nSPS) is 25.2. The molecule has 0 spiro atoms. The molecule has 0 unspecified atom stereocenters. The van der Waals surface area contributed by atoms with Gasteiger partial charge in [-0.05, 0) is 62.0 Å². The number of imidazole rings is 2. The van der Waals surface area contributed by atoms with Crippen molar-refractivity contribution in [2.24, 2.45) is 11.8 Å². The molecule has 8 heteroatoms. The number of ether oxygens (including phenoxy) is 2. The topological polar surface area (TPSA) is 99.9 Å². The molecular formula is C30H32N6O2. The van der Waals surface area contributed by atoms with Crippen molar-refractivity contribution in [3.05, 3.63) is 59.4 Å². The number of H-pyrrole nitrogens is 2. The molecule has 4 aliphatic rings. The molecule has 38 heavy (non-hydrogen) atoms. The van der Waals surface area contributed by atoms with Crippen LogP contribution < -0.4 is 20.1 Å². The van der Waals surface area contributed by atoms with Gasteiger partial charge in [-0.3, -0.25) is 0 Å². The van der Waals surface area contributed by atoms with Gasteiger partial charge in [0, 0.05) is 33.4 Å². The molecule has 0 radical (unpaired) electrons. The fourth-order valence-corrected chi connectivity index (χ4v) is 6.55. The van der Waals surface area contributed by atoms with Crippen LogP contribution in [0, 0.1) is 11.8 Å². The summed E-state index contributed by atoms with van der Waals surface area (Å²) in [6.45, 7) is 7.65. The van der Waals surface area contributed by atoms with E-state index in [9.17, 15) is 0 Å². The Morgan fingerprint density at radius 1 is 0.684 bits per heavy atom. The molecule has 2 fully saturated rings. The largest absolute Gasteiger partial charge is 0.488 e. The Bertz CT molecular complexity index is 1390. The highest BCUT2D eigenvalue weighted by atomic mass is 16.5. The van der Waals surface area contributed by atoms with E-state index < -0.39 is 0 Å². The summed E-state index contributed by atoms with van der Waals surface area (Å²) in [5, 5.41) is 7.13. The van der Waals surface area contributed by atoms with Crippen molar-refractivity contribution in [3.63, 3.8) is 0 Å². The van der Waals surface area contributed by atoms with Crippen LogP contribution in [-0.2, 0) is 13.2 Å². The molecule has 2 aromatic heterocycles. The van der Waals surface area contributed by atoms with E-state index in [2.05, 4.69) is 58.7 Å². The molecule has 6 heterocycles. The molecular weight excluding hydrogens is 476 g/mol. The Kier molecular flexibility index (Phi) is 4.97. The van der Waals surface area contributed by atoms with E-state index in [0.29, 0.717) is 37.1 Å². The lowest BCUT2D eigenvalue weighted by molar-refractivity contribution is 0.278. The van der Waals surface area contributed by atoms with E-state index in [1.54, 1.807) is 0 Å². The summed E-state index contributed by atoms with van der Waals surface area (Å²) in [4.78, 5) is 16.5. The molecule has 2 aromatic carbocycles. The second-order valence-electron chi connectivity index (χ2n) is 11.6. The number of nitrogens with one attached hydrogen (secondary N) is 4. The quantitative estimate of drug-likeness (QED) is 0.300. The van der Waals surface area contributed by atoms with Crippen LogP contribution in [0.5, 0.6) is 11.5 Å². The average molecular weight is 509 g/mol. The standard InChI is InChI=1S/C30H32N6O2/c1-15-3-21(31-9-15)29-33-11-23(35-29)17-5-19-13-38-26-8-18(6-20-14-37-25(7-17)27(19)28(20)26)24-12-34-30(36-24)22-4-16(2)10-32-22/h5-8,11-12,15-16,21-22,31-32H,3-4,9-10,13-14H2,1-2H3,(H,33,35)(H,34,36)/t15-,16-,21-,22-/m0/s1. The second-order valence-corrected chi connectivity index (χ2v) is 11.6. The predicted molar refractivity (Wildman–Crippen MR) is 145 cm³/mol. The van der Waals surface area contributed by atoms with Gasteiger partial charge in [-0.2, -0.15) is 0 Å². The zero-order chi connectivity index (χ0) is 25.4. The van der Waals surface area contributed by atoms with Gasteiger partial charge in [0.2, 0.25) is 0 Å². The molecule has 0 bridgehead atoms. The molecule has 4 aliphatic heterocycles. The van der Waals surface area contributed by atoms with Crippen LogP contribution in [0.15, 0.2) is 36.7 Å². The molecule has 8 nitrogen and oxygen atoms in total. The molecule has 0 saturated carbocycles. The van der Waals surface area contributed by atoms with Crippen molar-refractivity contribution < 1.29 is 9.47 Å². The Balaban J connectivity index is 1.12. The van der Waals surface area contributed by atoms with Crippen molar-refractivity contribution in [2.45, 2.75) is 52.0 Å². The third-order valence-corrected chi connectivity index (χ3v) is 8.56. The van der Waals surface area contributed by atoms with Crippen LogP contribution in [-0.4, -0.2) is 33.0 Å². The monoisotopic (exact) mass is 508 g/mol. The van der Waals surface area contributed by atoms with E-state index >= 15 is 0 Å². The Hall–Kier alpha value is -3.62. The summed E-state index contributed by atoms with van der Waals surface area (Å²) in [7, 11) is 0. The van der Waals surface area contributed by atoms with Gasteiger partial charge in [0.1, 0.15) is 36.4 Å². The molecule has 4 N–H and O–H groups in total. The van der Waals surface area contributed by atoms with Crippen LogP contribution in [0.25, 0.3) is 33.6 Å². The number of aromatic nitrogens is 4. The van der Waals surface area contributed by atoms with Crippen molar-refractivity contribution in [1.29, 1.82) is 0 Å². The molecule has 8 rings (SSSR count). The van der Waals surface area contributed by atoms with Gasteiger partial charge in [-0.15, -0.1) is 0 Å². The smallest absolute Gasteiger partial charge is 0.128 e. The summed E-state index contributed by atoms with van der Waals surface area (Å²) in [5.74, 6) is 5.19. The first-order chi connectivity index (χ1) is 18.6. The summed E-state index contributed by atoms with van der Waals surface area (Å²) in [6, 6.07) is 9.30. The highest BCUT2D eigenvalue weighted by Crippen LogP contribution is 2.50. The van der Waals surface area contributed by atoms with Crippen molar-refractivity contribution in [1.82, 2.24) is 30.6 Å². The Morgan fingerprint density at radius 2 is 1.16 bits per heavy atom. The number of hydrogen-bond donors (Lipinski definition) is 4. The van der Waals surface area contributed by atoms with E-state index in [-0.39, 0.29) is 0 Å². The lowest BCUT2D eigenvalue weighted by Crippen LogP contribution is -2.15. The van der Waals surface area contributed by atoms with Gasteiger partial charge in [0.15, 0.2) is 0 Å². The fourth-order valence-electron chi connectivity index (χ4n) is 6.55. The fraction of sp³-hybridized carbons (Fsp3) is 0.400. The Morgan fingerprint density at radius 3 is 1.58 bits per heavy atom. The predicted octanol–water partition coefficient (Wildman–Crippen LogP) is 5.26. The Labute approximate surface area is 221 Å². The van der Waals surface area contributed by atoms with Crippen LogP contribution in [0.1, 0.15) is 61.5 Å². The second kappa shape index (κ2) is 8.44. The van der Waals surface area contributed by atoms with E-state index in [4.69, 9.17) is 19.4 Å². The average Bonchev–Trinajstić information content (AvgIpc) is 3.74. The number of hydrogen-bond acceptors (Lipinski definition) is 6. The van der Waals surface area contributed by atoms with Gasteiger partial charge in [0.25, 0.3) is 0 Å². The number of benzene rings is 2. The molecule has 4 aromatic rings. The van der Waals surface area contributed by atoms with Gasteiger partial charge in [-0.25, -0.2) is 9.97 Å². The zero-order valence-electron chi connectivity index (χ0n) is 21.7. The molecule has 0 aliphatic carbocycles. The van der Waals surface area contributed by atoms with Crippen LogP contribution in [0.4, 0.5) is 0 Å². The minimum atomic E-state index is 0.293. The van der Waals surface area contributed by atoms with E-state index in [1.165, 1.54) is 0 Å². The zero-order valence-corrected chi connectivity index (χ0v) is 21.7. The maximum absolute atomic E-state index is 6.35. The number of aromatic amines is 2. The lowest BCUT2D eigenvalue weighted by Gasteiger charge is -2.30. The first kappa shape index (κ1) is 22.4. The van der Waals surface area contributed by atoms with Gasteiger partial charge < -0.3 is 30.1 Å². The molecule has 0 amide bonds. The highest BCUT2D eigenvalue weighted by molar-refractivity contribution is 5.88. The number of rotatable bonds is 4. The maximum atomic E-state index is 6.35. The summed E-state index contributed by atoms with van der Waals surface area (Å²) >= 11 is 0. The van der Waals surface area contributed by atoms with E-state index in [0.717, 1.165) is 93.8 Å². The van der Waals surface area contributed by atoms with Crippen molar-refractivity contribution in [2.75, 3.05) is 13.1 Å². The van der Waals surface area contributed by atoms with Crippen molar-refractivity contribution in [3.8, 4) is 45.1 Å². The third-order valence-electron chi connectivity index (χ3n) is 8.56. The van der Waals surface area contributed by atoms with Crippen LogP contribution in [0.3, 0.4) is 0 Å². The van der Waals surface area contributed by atoms with E-state index in [1.807, 2.05) is 12.4 Å². The number of nitrogens with zero attached hydrogens (tertiary/aromatic N) is 2. The summed E-state index contributed by atoms with van der Waals surface area (Å²) in [6.07, 6.45) is 6.09. The highest BCUT2D eigenvalue weighted by Gasteiger charge is 2.31. The minimum Gasteiger partial charge on any atom is -0.488 e. The first-order valence-corrected chi connectivity index (χ1v) is 13.8. The molecule has 4 atom stereocenters. The summed E-state index contributed by atoms with van der Waals surface area (Å²) < 4.78 is 12.7. The van der Waals surface area contributed by atoms with Gasteiger partial charge in [0.05, 0.1) is 35.9 Å². The molecule has 194 valence electrons. The first-order valence-electron chi connectivity index (χ1n) is 13.8. The van der Waals surface area contributed by atoms with Crippen LogP contribution >= 0.6 is 0 Å². The SMILES string of the molecule is C[C@@H]1CN[C@H](c2ncc(-c3cc4c5c(c3)OCc3cc(-c6cnc([C@@H]7C[C@H](C)CN7)[nH]6)cc(c3-5)OC4)[nH]2)C1. The minimum absolute atomic E-state index is 0.293. The summed E-state index contributed by atoms with van der Waals surface area (Å²) in [5.41, 5.74) is 8.78. The maximum Gasteiger partial charge on any atom is 0.128 e. The van der Waals surface area contributed by atoms with Crippen LogP contribution in [0.2, 0.25) is 0 Å². The third kappa shape index (κ3) is 3.58.